The third-order valence-electron chi connectivity index (χ3n) is 6.15. The van der Waals surface area contributed by atoms with E-state index in [1.54, 1.807) is 0 Å². The zero-order valence-corrected chi connectivity index (χ0v) is 19.0. The highest BCUT2D eigenvalue weighted by Crippen LogP contribution is 2.28. The Hall–Kier alpha value is -3.25. The van der Waals surface area contributed by atoms with Crippen LogP contribution in [-0.4, -0.2) is 39.2 Å². The average molecular weight is 461 g/mol. The Kier molecular flexibility index (Phi) is 6.35. The van der Waals surface area contributed by atoms with Crippen molar-refractivity contribution in [2.45, 2.75) is 44.6 Å². The highest BCUT2D eigenvalue weighted by molar-refractivity contribution is 6.30. The van der Waals surface area contributed by atoms with E-state index in [1.165, 1.54) is 5.56 Å². The monoisotopic (exact) mass is 460 g/mol. The van der Waals surface area contributed by atoms with Gasteiger partial charge in [0.05, 0.1) is 11.8 Å². The highest BCUT2D eigenvalue weighted by Gasteiger charge is 2.34. The number of hydrogen-bond donors (Lipinski definition) is 0. The van der Waals surface area contributed by atoms with Gasteiger partial charge in [-0.25, -0.2) is 0 Å². The minimum atomic E-state index is -0.0920. The van der Waals surface area contributed by atoms with Crippen LogP contribution >= 0.6 is 11.6 Å². The number of amides is 1. The summed E-state index contributed by atoms with van der Waals surface area (Å²) in [7, 11) is 0. The molecule has 1 unspecified atom stereocenters. The van der Waals surface area contributed by atoms with Crippen molar-refractivity contribution in [3.05, 3.63) is 94.2 Å². The van der Waals surface area contributed by atoms with Crippen molar-refractivity contribution in [2.75, 3.05) is 6.54 Å². The summed E-state index contributed by atoms with van der Waals surface area (Å²) in [5.74, 6) is 1.48. The summed E-state index contributed by atoms with van der Waals surface area (Å²) in [6, 6.07) is 17.8. The molecule has 1 saturated heterocycles. The van der Waals surface area contributed by atoms with Gasteiger partial charge in [0, 0.05) is 37.0 Å². The SMILES string of the molecule is O=C1CCCN1C1CC(Cc2noc(CCc3ccccc3)n2)=CN=C1c1ccc(Cl)cc1. The number of rotatable bonds is 7. The fourth-order valence-corrected chi connectivity index (χ4v) is 4.59. The maximum absolute atomic E-state index is 12.6. The number of likely N-dealkylation sites (tertiary alicyclic amines) is 1. The van der Waals surface area contributed by atoms with Crippen LogP contribution < -0.4 is 0 Å². The number of aliphatic imine (C=N–C) groups is 1. The molecule has 0 radical (unpaired) electrons. The number of carbonyl (C=O) groups is 1. The number of halogens is 1. The zero-order chi connectivity index (χ0) is 22.6. The second-order valence-electron chi connectivity index (χ2n) is 8.49. The molecule has 3 heterocycles. The molecule has 3 aromatic rings. The lowest BCUT2D eigenvalue weighted by molar-refractivity contribution is -0.128. The second-order valence-corrected chi connectivity index (χ2v) is 8.92. The van der Waals surface area contributed by atoms with Gasteiger partial charge in [-0.3, -0.25) is 9.79 Å². The molecule has 0 saturated carbocycles. The van der Waals surface area contributed by atoms with E-state index in [2.05, 4.69) is 22.3 Å². The van der Waals surface area contributed by atoms with Crippen LogP contribution in [0.1, 0.15) is 42.1 Å². The van der Waals surface area contributed by atoms with Gasteiger partial charge < -0.3 is 9.42 Å². The summed E-state index contributed by atoms with van der Waals surface area (Å²) in [5, 5.41) is 4.86. The van der Waals surface area contributed by atoms with E-state index in [0.29, 0.717) is 42.4 Å². The summed E-state index contributed by atoms with van der Waals surface area (Å²) in [5.41, 5.74) is 4.23. The molecule has 1 fully saturated rings. The molecule has 0 spiro atoms. The Bertz CT molecular complexity index is 1180. The lowest BCUT2D eigenvalue weighted by Gasteiger charge is -2.32. The smallest absolute Gasteiger partial charge is 0.226 e. The first-order valence-corrected chi connectivity index (χ1v) is 11.7. The molecular formula is C26H25ClN4O2. The average Bonchev–Trinajstić information content (AvgIpc) is 3.47. The number of hydrogen-bond acceptors (Lipinski definition) is 5. The van der Waals surface area contributed by atoms with Gasteiger partial charge in [0.25, 0.3) is 0 Å². The molecule has 0 bridgehead atoms. The summed E-state index contributed by atoms with van der Waals surface area (Å²) in [6.07, 6.45) is 6.21. The van der Waals surface area contributed by atoms with E-state index in [-0.39, 0.29) is 11.9 Å². The minimum absolute atomic E-state index is 0.0920. The van der Waals surface area contributed by atoms with Gasteiger partial charge in [0.15, 0.2) is 5.82 Å². The van der Waals surface area contributed by atoms with E-state index >= 15 is 0 Å². The Morgan fingerprint density at radius 1 is 1.06 bits per heavy atom. The van der Waals surface area contributed by atoms with Crippen LogP contribution in [0.3, 0.4) is 0 Å². The predicted octanol–water partition coefficient (Wildman–Crippen LogP) is 4.82. The molecule has 6 nitrogen and oxygen atoms in total. The molecule has 168 valence electrons. The van der Waals surface area contributed by atoms with Crippen LogP contribution in [-0.2, 0) is 24.1 Å². The van der Waals surface area contributed by atoms with Crippen molar-refractivity contribution in [3.63, 3.8) is 0 Å². The molecule has 2 aliphatic rings. The highest BCUT2D eigenvalue weighted by atomic mass is 35.5. The first-order valence-electron chi connectivity index (χ1n) is 11.3. The third-order valence-corrected chi connectivity index (χ3v) is 6.40. The van der Waals surface area contributed by atoms with Crippen molar-refractivity contribution in [3.8, 4) is 0 Å². The quantitative estimate of drug-likeness (QED) is 0.506. The van der Waals surface area contributed by atoms with Gasteiger partial charge in [-0.15, -0.1) is 0 Å². The molecule has 0 aliphatic carbocycles. The van der Waals surface area contributed by atoms with Gasteiger partial charge in [0.1, 0.15) is 0 Å². The summed E-state index contributed by atoms with van der Waals surface area (Å²) in [4.78, 5) is 23.9. The Morgan fingerprint density at radius 2 is 1.88 bits per heavy atom. The van der Waals surface area contributed by atoms with Crippen molar-refractivity contribution in [1.82, 2.24) is 15.0 Å². The van der Waals surface area contributed by atoms with Gasteiger partial charge in [-0.05, 0) is 48.1 Å². The Morgan fingerprint density at radius 3 is 2.64 bits per heavy atom. The first kappa shape index (κ1) is 21.6. The number of nitrogens with zero attached hydrogens (tertiary/aromatic N) is 4. The molecule has 0 N–H and O–H groups in total. The number of benzene rings is 2. The second kappa shape index (κ2) is 9.71. The normalized spacial score (nSPS) is 18.4. The number of carbonyl (C=O) groups excluding carboxylic acids is 1. The first-order chi connectivity index (χ1) is 16.2. The predicted molar refractivity (Wildman–Crippen MR) is 127 cm³/mol. The lowest BCUT2D eigenvalue weighted by atomic mass is 9.92. The van der Waals surface area contributed by atoms with Crippen LogP contribution in [0, 0.1) is 0 Å². The fraction of sp³-hybridized carbons (Fsp3) is 0.308. The van der Waals surface area contributed by atoms with Crippen molar-refractivity contribution in [2.24, 2.45) is 4.99 Å². The maximum atomic E-state index is 12.6. The molecule has 33 heavy (non-hydrogen) atoms. The van der Waals surface area contributed by atoms with Crippen molar-refractivity contribution < 1.29 is 9.32 Å². The van der Waals surface area contributed by atoms with Crippen LogP contribution in [0.2, 0.25) is 5.02 Å². The van der Waals surface area contributed by atoms with Crippen molar-refractivity contribution in [1.29, 1.82) is 0 Å². The van der Waals surface area contributed by atoms with E-state index in [4.69, 9.17) is 21.1 Å². The van der Waals surface area contributed by atoms with Gasteiger partial charge in [-0.2, -0.15) is 4.98 Å². The molecule has 1 aromatic heterocycles. The molecular weight excluding hydrogens is 436 g/mol. The number of aryl methyl sites for hydroxylation is 2. The van der Waals surface area contributed by atoms with E-state index < -0.39 is 0 Å². The van der Waals surface area contributed by atoms with E-state index in [9.17, 15) is 4.79 Å². The van der Waals surface area contributed by atoms with Gasteiger partial charge in [-0.1, -0.05) is 59.2 Å². The van der Waals surface area contributed by atoms with Crippen molar-refractivity contribution >= 4 is 23.2 Å². The molecule has 2 aromatic carbocycles. The topological polar surface area (TPSA) is 71.6 Å². The van der Waals surface area contributed by atoms with Crippen LogP contribution in [0.4, 0.5) is 0 Å². The lowest BCUT2D eigenvalue weighted by Crippen LogP contribution is -2.43. The van der Waals surface area contributed by atoms with Crippen LogP contribution in [0.5, 0.6) is 0 Å². The third kappa shape index (κ3) is 5.06. The largest absolute Gasteiger partial charge is 0.339 e. The van der Waals surface area contributed by atoms with Crippen LogP contribution in [0.15, 0.2) is 75.9 Å². The van der Waals surface area contributed by atoms with Crippen LogP contribution in [0.25, 0.3) is 0 Å². The fourth-order valence-electron chi connectivity index (χ4n) is 4.47. The molecule has 1 amide bonds. The molecule has 7 heteroatoms. The number of aromatic nitrogens is 2. The summed E-state index contributed by atoms with van der Waals surface area (Å²) in [6.45, 7) is 0.759. The molecule has 1 atom stereocenters. The van der Waals surface area contributed by atoms with E-state index in [1.807, 2.05) is 53.6 Å². The Labute approximate surface area is 198 Å². The van der Waals surface area contributed by atoms with E-state index in [0.717, 1.165) is 36.2 Å². The Balaban J connectivity index is 1.32. The summed E-state index contributed by atoms with van der Waals surface area (Å²) >= 11 is 6.07. The minimum Gasteiger partial charge on any atom is -0.339 e. The molecule has 2 aliphatic heterocycles. The van der Waals surface area contributed by atoms with Gasteiger partial charge >= 0.3 is 0 Å². The summed E-state index contributed by atoms with van der Waals surface area (Å²) < 4.78 is 5.47. The zero-order valence-electron chi connectivity index (χ0n) is 18.3. The molecule has 5 rings (SSSR count). The standard InChI is InChI=1S/C26H25ClN4O2/c27-21-11-9-20(10-12-21)26-22(31-14-4-7-25(31)32)15-19(17-28-26)16-23-29-24(33-30-23)13-8-18-5-2-1-3-6-18/h1-3,5-6,9-12,17,22H,4,7-8,13-16H2. The van der Waals surface area contributed by atoms with Gasteiger partial charge in [0.2, 0.25) is 11.8 Å². The maximum Gasteiger partial charge on any atom is 0.226 e.